The molecule has 1 aromatic carbocycles. The van der Waals surface area contributed by atoms with Gasteiger partial charge in [0.2, 0.25) is 0 Å². The van der Waals surface area contributed by atoms with Gasteiger partial charge in [0, 0.05) is 23.8 Å². The Morgan fingerprint density at radius 1 is 0.938 bits per heavy atom. The maximum atomic E-state index is 4.37. The average molecular weight is 429 g/mol. The molecule has 1 aromatic heterocycles. The van der Waals surface area contributed by atoms with Crippen LogP contribution in [0.4, 0.5) is 0 Å². The molecule has 4 aliphatic rings. The SMILES string of the molecule is CN(C)[C@H]1CC[C@@]2(C)C(CC[C@@H]3C2CC[C@]2(C)C(c4ccc5ccncc5c4)=CC[C@@H]32)C1. The van der Waals surface area contributed by atoms with E-state index in [2.05, 4.69) is 68.2 Å². The van der Waals surface area contributed by atoms with Crippen LogP contribution in [-0.2, 0) is 0 Å². The summed E-state index contributed by atoms with van der Waals surface area (Å²) in [6.07, 6.45) is 17.9. The molecule has 32 heavy (non-hydrogen) atoms. The van der Waals surface area contributed by atoms with Gasteiger partial charge in [0.15, 0.2) is 0 Å². The molecule has 3 fully saturated rings. The quantitative estimate of drug-likeness (QED) is 0.503. The Bertz CT molecular complexity index is 1050. The monoisotopic (exact) mass is 428 g/mol. The average Bonchev–Trinajstić information content (AvgIpc) is 3.15. The Morgan fingerprint density at radius 2 is 1.81 bits per heavy atom. The van der Waals surface area contributed by atoms with Gasteiger partial charge in [-0.3, -0.25) is 4.98 Å². The lowest BCUT2D eigenvalue weighted by atomic mass is 9.44. The summed E-state index contributed by atoms with van der Waals surface area (Å²) in [5.41, 5.74) is 4.01. The van der Waals surface area contributed by atoms with E-state index in [1.165, 1.54) is 67.7 Å². The summed E-state index contributed by atoms with van der Waals surface area (Å²) >= 11 is 0. The van der Waals surface area contributed by atoms with E-state index in [9.17, 15) is 0 Å². The van der Waals surface area contributed by atoms with Gasteiger partial charge in [0.25, 0.3) is 0 Å². The lowest BCUT2D eigenvalue weighted by molar-refractivity contribution is -0.106. The first-order chi connectivity index (χ1) is 15.4. The minimum atomic E-state index is 0.348. The van der Waals surface area contributed by atoms with Crippen LogP contribution >= 0.6 is 0 Å². The van der Waals surface area contributed by atoms with Gasteiger partial charge in [-0.15, -0.1) is 0 Å². The van der Waals surface area contributed by atoms with Crippen molar-refractivity contribution >= 4 is 16.3 Å². The lowest BCUT2D eigenvalue weighted by Gasteiger charge is -2.61. The van der Waals surface area contributed by atoms with E-state index in [4.69, 9.17) is 0 Å². The first-order valence-electron chi connectivity index (χ1n) is 13.1. The Balaban J connectivity index is 1.28. The molecule has 2 unspecified atom stereocenters. The smallest absolute Gasteiger partial charge is 0.0346 e. The fraction of sp³-hybridized carbons (Fsp3) is 0.633. The second-order valence-electron chi connectivity index (χ2n) is 12.3. The van der Waals surface area contributed by atoms with Gasteiger partial charge in [0.05, 0.1) is 0 Å². The van der Waals surface area contributed by atoms with E-state index < -0.39 is 0 Å². The normalized spacial score (nSPS) is 41.2. The fourth-order valence-electron chi connectivity index (χ4n) is 8.97. The molecule has 4 aliphatic carbocycles. The molecular formula is C30H40N2. The second-order valence-corrected chi connectivity index (χ2v) is 12.3. The number of pyridine rings is 1. The van der Waals surface area contributed by atoms with Crippen molar-refractivity contribution in [3.8, 4) is 0 Å². The zero-order chi connectivity index (χ0) is 22.1. The summed E-state index contributed by atoms with van der Waals surface area (Å²) in [7, 11) is 4.58. The highest BCUT2D eigenvalue weighted by atomic mass is 15.1. The van der Waals surface area contributed by atoms with Crippen LogP contribution in [0.15, 0.2) is 42.7 Å². The Kier molecular flexibility index (Phi) is 4.85. The molecular weight excluding hydrogens is 388 g/mol. The minimum Gasteiger partial charge on any atom is -0.306 e. The molecule has 1 heterocycles. The van der Waals surface area contributed by atoms with Crippen molar-refractivity contribution in [2.75, 3.05) is 14.1 Å². The Hall–Kier alpha value is -1.67. The predicted molar refractivity (Wildman–Crippen MR) is 134 cm³/mol. The summed E-state index contributed by atoms with van der Waals surface area (Å²) in [6.45, 7) is 5.31. The van der Waals surface area contributed by atoms with Gasteiger partial charge in [-0.2, -0.15) is 0 Å². The van der Waals surface area contributed by atoms with Crippen LogP contribution in [0.3, 0.4) is 0 Å². The van der Waals surface area contributed by atoms with E-state index in [-0.39, 0.29) is 0 Å². The molecule has 0 amide bonds. The number of benzene rings is 1. The zero-order valence-electron chi connectivity index (χ0n) is 20.5. The van der Waals surface area contributed by atoms with Crippen molar-refractivity contribution in [1.82, 2.24) is 9.88 Å². The van der Waals surface area contributed by atoms with Gasteiger partial charge in [-0.1, -0.05) is 32.1 Å². The maximum absolute atomic E-state index is 4.37. The topological polar surface area (TPSA) is 16.1 Å². The molecule has 0 aliphatic heterocycles. The number of aromatic nitrogens is 1. The van der Waals surface area contributed by atoms with Gasteiger partial charge >= 0.3 is 0 Å². The van der Waals surface area contributed by atoms with Gasteiger partial charge in [-0.05, 0) is 129 Å². The van der Waals surface area contributed by atoms with Crippen molar-refractivity contribution in [2.24, 2.45) is 34.5 Å². The molecule has 0 N–H and O–H groups in total. The predicted octanol–water partition coefficient (Wildman–Crippen LogP) is 7.20. The summed E-state index contributed by atoms with van der Waals surface area (Å²) in [6, 6.07) is 10.00. The van der Waals surface area contributed by atoms with Crippen LogP contribution < -0.4 is 0 Å². The van der Waals surface area contributed by atoms with Crippen LogP contribution in [0.1, 0.15) is 70.8 Å². The maximum Gasteiger partial charge on any atom is 0.0346 e. The van der Waals surface area contributed by atoms with Crippen LogP contribution in [0.5, 0.6) is 0 Å². The zero-order valence-corrected chi connectivity index (χ0v) is 20.5. The molecule has 2 heteroatoms. The summed E-state index contributed by atoms with van der Waals surface area (Å²) in [5.74, 6) is 3.64. The first-order valence-corrected chi connectivity index (χ1v) is 13.1. The van der Waals surface area contributed by atoms with Crippen LogP contribution in [0.2, 0.25) is 0 Å². The largest absolute Gasteiger partial charge is 0.306 e. The van der Waals surface area contributed by atoms with Crippen LogP contribution in [0.25, 0.3) is 16.3 Å². The summed E-state index contributed by atoms with van der Waals surface area (Å²) in [4.78, 5) is 6.87. The standard InChI is InChI=1S/C30H40N2/c1-29-14-11-24(32(3)4)18-23(29)7-8-25-27-10-9-26(30(27,2)15-12-28(25)29)21-6-5-20-13-16-31-19-22(20)17-21/h5-6,9,13,16-17,19,23-25,27-28H,7-8,10-12,14-15,18H2,1-4H3/t23?,24-,25-,27-,28?,29-,30+/m0/s1. The molecule has 2 aromatic rings. The molecule has 0 bridgehead atoms. The second kappa shape index (κ2) is 7.42. The van der Waals surface area contributed by atoms with E-state index in [0.717, 1.165) is 29.7 Å². The number of hydrogen-bond acceptors (Lipinski definition) is 2. The molecule has 2 nitrogen and oxygen atoms in total. The highest BCUT2D eigenvalue weighted by molar-refractivity contribution is 5.86. The number of allylic oxidation sites excluding steroid dienone is 2. The van der Waals surface area contributed by atoms with Crippen molar-refractivity contribution in [1.29, 1.82) is 0 Å². The number of hydrogen-bond donors (Lipinski definition) is 0. The summed E-state index contributed by atoms with van der Waals surface area (Å²) < 4.78 is 0. The van der Waals surface area contributed by atoms with Gasteiger partial charge in [0.1, 0.15) is 0 Å². The Morgan fingerprint density at radius 3 is 2.66 bits per heavy atom. The molecule has 170 valence electrons. The van der Waals surface area contributed by atoms with E-state index >= 15 is 0 Å². The van der Waals surface area contributed by atoms with Crippen molar-refractivity contribution in [3.05, 3.63) is 48.3 Å². The molecule has 0 saturated heterocycles. The number of rotatable bonds is 2. The molecule has 6 rings (SSSR count). The van der Waals surface area contributed by atoms with Crippen molar-refractivity contribution < 1.29 is 0 Å². The van der Waals surface area contributed by atoms with Crippen molar-refractivity contribution in [2.45, 2.75) is 71.3 Å². The minimum absolute atomic E-state index is 0.348. The number of nitrogens with zero attached hydrogens (tertiary/aromatic N) is 2. The third-order valence-corrected chi connectivity index (χ3v) is 10.9. The summed E-state index contributed by atoms with van der Waals surface area (Å²) in [5, 5.41) is 2.57. The molecule has 3 saturated carbocycles. The van der Waals surface area contributed by atoms with Crippen LogP contribution in [-0.4, -0.2) is 30.0 Å². The third kappa shape index (κ3) is 2.98. The van der Waals surface area contributed by atoms with E-state index in [0.29, 0.717) is 10.8 Å². The van der Waals surface area contributed by atoms with Gasteiger partial charge < -0.3 is 4.90 Å². The highest BCUT2D eigenvalue weighted by Crippen LogP contribution is 2.67. The third-order valence-electron chi connectivity index (χ3n) is 10.9. The van der Waals surface area contributed by atoms with Gasteiger partial charge in [-0.25, -0.2) is 0 Å². The molecule has 7 atom stereocenters. The van der Waals surface area contributed by atoms with E-state index in [1.54, 1.807) is 5.57 Å². The van der Waals surface area contributed by atoms with Crippen molar-refractivity contribution in [3.63, 3.8) is 0 Å². The lowest BCUT2D eigenvalue weighted by Crippen LogP contribution is -2.54. The Labute approximate surface area is 194 Å². The van der Waals surface area contributed by atoms with Crippen LogP contribution in [0, 0.1) is 34.5 Å². The highest BCUT2D eigenvalue weighted by Gasteiger charge is 2.58. The number of fused-ring (bicyclic) bond motifs is 6. The van der Waals surface area contributed by atoms with E-state index in [1.807, 2.05) is 12.4 Å². The first kappa shape index (κ1) is 20.9. The molecule has 0 spiro atoms. The fourth-order valence-corrected chi connectivity index (χ4v) is 8.97. The molecule has 0 radical (unpaired) electrons.